The summed E-state index contributed by atoms with van der Waals surface area (Å²) in [5.41, 5.74) is 11.6. The summed E-state index contributed by atoms with van der Waals surface area (Å²) in [5.74, 6) is 0. The number of furan rings is 1. The van der Waals surface area contributed by atoms with E-state index >= 15 is 0 Å². The predicted molar refractivity (Wildman–Crippen MR) is 208 cm³/mol. The fourth-order valence-electron chi connectivity index (χ4n) is 7.61. The van der Waals surface area contributed by atoms with E-state index in [-0.39, 0.29) is 0 Å². The molecule has 0 saturated carbocycles. The second-order valence-electron chi connectivity index (χ2n) is 12.9. The van der Waals surface area contributed by atoms with Crippen molar-refractivity contribution in [3.05, 3.63) is 182 Å². The minimum Gasteiger partial charge on any atom is -0.456 e. The van der Waals surface area contributed by atoms with Gasteiger partial charge in [0.15, 0.2) is 0 Å². The van der Waals surface area contributed by atoms with E-state index in [0.717, 1.165) is 21.9 Å². The van der Waals surface area contributed by atoms with Gasteiger partial charge in [-0.3, -0.25) is 0 Å². The predicted octanol–water partition coefficient (Wildman–Crippen LogP) is 13.7. The van der Waals surface area contributed by atoms with Crippen LogP contribution in [0.25, 0.3) is 98.8 Å². The average molecular weight is 623 g/mol. The van der Waals surface area contributed by atoms with Gasteiger partial charge in [-0.1, -0.05) is 133 Å². The fraction of sp³-hybridized carbons (Fsp3) is 0. The van der Waals surface area contributed by atoms with Crippen LogP contribution in [0.15, 0.2) is 186 Å². The van der Waals surface area contributed by atoms with E-state index in [9.17, 15) is 0 Å². The zero-order chi connectivity index (χ0) is 32.3. The first-order valence-corrected chi connectivity index (χ1v) is 16.8. The van der Waals surface area contributed by atoms with Crippen LogP contribution in [0.1, 0.15) is 0 Å². The minimum absolute atomic E-state index is 0.917. The molecule has 10 aromatic rings. The molecule has 0 aliphatic rings. The van der Waals surface area contributed by atoms with Gasteiger partial charge in [-0.2, -0.15) is 0 Å². The maximum absolute atomic E-state index is 6.12. The highest BCUT2D eigenvalue weighted by Gasteiger charge is 2.15. The Morgan fingerprint density at radius 2 is 0.776 bits per heavy atom. The second kappa shape index (κ2) is 11.1. The molecule has 0 aliphatic carbocycles. The number of para-hydroxylation sites is 1. The van der Waals surface area contributed by atoms with Crippen molar-refractivity contribution < 1.29 is 4.42 Å². The van der Waals surface area contributed by atoms with Crippen molar-refractivity contribution in [1.82, 2.24) is 0 Å². The summed E-state index contributed by atoms with van der Waals surface area (Å²) in [6, 6.07) is 66.0. The van der Waals surface area contributed by atoms with Gasteiger partial charge < -0.3 is 4.42 Å². The lowest BCUT2D eigenvalue weighted by molar-refractivity contribution is 0.669. The molecule has 10 rings (SSSR count). The number of hydrogen-bond donors (Lipinski definition) is 0. The summed E-state index contributed by atoms with van der Waals surface area (Å²) in [7, 11) is 0. The first kappa shape index (κ1) is 27.7. The Hall–Kier alpha value is -6.44. The summed E-state index contributed by atoms with van der Waals surface area (Å²) in [6.07, 6.45) is 0. The first-order chi connectivity index (χ1) is 24.3. The molecular weight excluding hydrogens is 593 g/mol. The van der Waals surface area contributed by atoms with Crippen LogP contribution in [0.5, 0.6) is 0 Å². The molecule has 9 aromatic carbocycles. The summed E-state index contributed by atoms with van der Waals surface area (Å²) >= 11 is 0. The summed E-state index contributed by atoms with van der Waals surface area (Å²) in [6.45, 7) is 0. The molecule has 0 aliphatic heterocycles. The molecule has 1 nitrogen and oxygen atoms in total. The highest BCUT2D eigenvalue weighted by Crippen LogP contribution is 2.42. The normalized spacial score (nSPS) is 11.7. The van der Waals surface area contributed by atoms with Crippen molar-refractivity contribution in [2.45, 2.75) is 0 Å². The molecule has 0 radical (unpaired) electrons. The number of hydrogen-bond acceptors (Lipinski definition) is 1. The maximum Gasteiger partial charge on any atom is 0.135 e. The molecule has 0 N–H and O–H groups in total. The van der Waals surface area contributed by atoms with Crippen LogP contribution in [-0.2, 0) is 0 Å². The van der Waals surface area contributed by atoms with Gasteiger partial charge in [0.1, 0.15) is 11.2 Å². The van der Waals surface area contributed by atoms with Crippen molar-refractivity contribution in [2.75, 3.05) is 0 Å². The molecule has 1 heteroatoms. The monoisotopic (exact) mass is 622 g/mol. The highest BCUT2D eigenvalue weighted by molar-refractivity contribution is 6.16. The van der Waals surface area contributed by atoms with Gasteiger partial charge in [-0.25, -0.2) is 0 Å². The van der Waals surface area contributed by atoms with E-state index in [1.807, 2.05) is 12.1 Å². The number of rotatable bonds is 4. The van der Waals surface area contributed by atoms with Crippen molar-refractivity contribution >= 4 is 54.3 Å². The third kappa shape index (κ3) is 4.63. The summed E-state index contributed by atoms with van der Waals surface area (Å²) in [5, 5.41) is 9.77. The van der Waals surface area contributed by atoms with E-state index in [1.165, 1.54) is 76.8 Å². The van der Waals surface area contributed by atoms with Crippen LogP contribution in [0.2, 0.25) is 0 Å². The lowest BCUT2D eigenvalue weighted by Gasteiger charge is -2.16. The van der Waals surface area contributed by atoms with Gasteiger partial charge in [-0.15, -0.1) is 0 Å². The third-order valence-corrected chi connectivity index (χ3v) is 10.0. The van der Waals surface area contributed by atoms with Gasteiger partial charge in [0, 0.05) is 10.8 Å². The molecule has 0 saturated heterocycles. The third-order valence-electron chi connectivity index (χ3n) is 10.0. The van der Waals surface area contributed by atoms with E-state index in [2.05, 4.69) is 170 Å². The summed E-state index contributed by atoms with van der Waals surface area (Å²) < 4.78 is 6.12. The van der Waals surface area contributed by atoms with Crippen LogP contribution in [0.4, 0.5) is 0 Å². The smallest absolute Gasteiger partial charge is 0.135 e. The Balaban J connectivity index is 1.19. The largest absolute Gasteiger partial charge is 0.456 e. The van der Waals surface area contributed by atoms with E-state index < -0.39 is 0 Å². The van der Waals surface area contributed by atoms with Crippen molar-refractivity contribution in [2.24, 2.45) is 0 Å². The molecule has 0 bridgehead atoms. The standard InChI is InChI=1S/C48H30O/c1-3-11-31(12-4-1)42-26-33-15-7-8-16-34(33)27-44(42)37-20-23-40-39-22-19-35(25-38(39)30-43(45(40)29-37)32-13-5-2-6-14-32)36-21-24-48-46(28-36)41-17-9-10-18-47(41)49-48/h1-30H. The Bertz CT molecular complexity index is 2860. The van der Waals surface area contributed by atoms with E-state index in [0.29, 0.717) is 0 Å². The van der Waals surface area contributed by atoms with Crippen LogP contribution >= 0.6 is 0 Å². The van der Waals surface area contributed by atoms with Gasteiger partial charge in [0.05, 0.1) is 0 Å². The Kier molecular flexibility index (Phi) is 6.25. The van der Waals surface area contributed by atoms with Gasteiger partial charge >= 0.3 is 0 Å². The minimum atomic E-state index is 0.917. The highest BCUT2D eigenvalue weighted by atomic mass is 16.3. The molecule has 0 atom stereocenters. The van der Waals surface area contributed by atoms with Gasteiger partial charge in [0.25, 0.3) is 0 Å². The topological polar surface area (TPSA) is 13.1 Å². The van der Waals surface area contributed by atoms with Crippen molar-refractivity contribution in [3.8, 4) is 44.5 Å². The van der Waals surface area contributed by atoms with E-state index in [4.69, 9.17) is 4.42 Å². The lowest BCUT2D eigenvalue weighted by Crippen LogP contribution is -1.90. The van der Waals surface area contributed by atoms with Crippen LogP contribution < -0.4 is 0 Å². The van der Waals surface area contributed by atoms with Crippen LogP contribution in [0, 0.1) is 0 Å². The molecule has 1 heterocycles. The Morgan fingerprint density at radius 1 is 0.245 bits per heavy atom. The Morgan fingerprint density at radius 3 is 1.55 bits per heavy atom. The molecule has 228 valence electrons. The molecule has 49 heavy (non-hydrogen) atoms. The van der Waals surface area contributed by atoms with Gasteiger partial charge in [0.2, 0.25) is 0 Å². The number of benzene rings is 9. The van der Waals surface area contributed by atoms with Gasteiger partial charge in [-0.05, 0) is 125 Å². The molecule has 0 fully saturated rings. The first-order valence-electron chi connectivity index (χ1n) is 16.8. The average Bonchev–Trinajstić information content (AvgIpc) is 3.55. The Labute approximate surface area is 284 Å². The van der Waals surface area contributed by atoms with Crippen molar-refractivity contribution in [1.29, 1.82) is 0 Å². The summed E-state index contributed by atoms with van der Waals surface area (Å²) in [4.78, 5) is 0. The SMILES string of the molecule is c1ccc(-c2cc3ccccc3cc2-c2ccc3c(c2)c(-c2ccccc2)cc2cc(-c4ccc5oc6ccccc6c5c4)ccc23)cc1. The second-order valence-corrected chi connectivity index (χ2v) is 12.9. The zero-order valence-corrected chi connectivity index (χ0v) is 26.7. The van der Waals surface area contributed by atoms with Crippen molar-refractivity contribution in [3.63, 3.8) is 0 Å². The lowest BCUT2D eigenvalue weighted by atomic mass is 9.87. The molecule has 0 unspecified atom stereocenters. The molecule has 0 spiro atoms. The number of fused-ring (bicyclic) bond motifs is 7. The fourth-order valence-corrected chi connectivity index (χ4v) is 7.61. The van der Waals surface area contributed by atoms with Crippen LogP contribution in [-0.4, -0.2) is 0 Å². The molecular formula is C48H30O. The van der Waals surface area contributed by atoms with Crippen LogP contribution in [0.3, 0.4) is 0 Å². The quantitative estimate of drug-likeness (QED) is 0.178. The van der Waals surface area contributed by atoms with E-state index in [1.54, 1.807) is 0 Å². The molecule has 1 aromatic heterocycles. The zero-order valence-electron chi connectivity index (χ0n) is 26.7. The molecule has 0 amide bonds. The maximum atomic E-state index is 6.12.